The Kier molecular flexibility index (Phi) is 3.21. The van der Waals surface area contributed by atoms with Crippen molar-refractivity contribution in [2.45, 2.75) is 0 Å². The molecule has 0 spiro atoms. The number of hydrogen-bond acceptors (Lipinski definition) is 2. The fourth-order valence-electron chi connectivity index (χ4n) is 0.953. The molecule has 0 saturated carbocycles. The van der Waals surface area contributed by atoms with E-state index in [-0.39, 0.29) is 0 Å². The minimum absolute atomic E-state index is 0.673. The molecule has 68 valence electrons. The Balaban J connectivity index is 3.30. The lowest BCUT2D eigenvalue weighted by molar-refractivity contribution is 0.389. The first-order chi connectivity index (χ1) is 6.22. The van der Waals surface area contributed by atoms with Gasteiger partial charge in [-0.1, -0.05) is 5.92 Å². The zero-order valence-corrected chi connectivity index (χ0v) is 9.01. The van der Waals surface area contributed by atoms with Crippen molar-refractivity contribution in [1.82, 2.24) is 0 Å². The van der Waals surface area contributed by atoms with E-state index in [4.69, 9.17) is 15.9 Å². The fourth-order valence-corrected chi connectivity index (χ4v) is 1.51. The lowest BCUT2D eigenvalue weighted by Crippen LogP contribution is -1.91. The largest absolute Gasteiger partial charge is 0.495 e. The van der Waals surface area contributed by atoms with E-state index in [9.17, 15) is 0 Å². The van der Waals surface area contributed by atoms with Crippen LogP contribution < -0.4 is 9.47 Å². The van der Waals surface area contributed by atoms with Gasteiger partial charge in [0.15, 0.2) is 0 Å². The topological polar surface area (TPSA) is 18.5 Å². The van der Waals surface area contributed by atoms with E-state index in [1.807, 2.05) is 0 Å². The Labute approximate surface area is 86.0 Å². The van der Waals surface area contributed by atoms with Crippen LogP contribution in [-0.2, 0) is 0 Å². The summed E-state index contributed by atoms with van der Waals surface area (Å²) < 4.78 is 11.0. The Bertz CT molecular complexity index is 327. The Morgan fingerprint density at radius 1 is 1.23 bits per heavy atom. The molecule has 0 radical (unpaired) electrons. The molecule has 0 aliphatic rings. The van der Waals surface area contributed by atoms with Crippen LogP contribution in [0.25, 0.3) is 0 Å². The zero-order valence-electron chi connectivity index (χ0n) is 7.43. The molecule has 3 heteroatoms. The first kappa shape index (κ1) is 9.94. The van der Waals surface area contributed by atoms with Crippen molar-refractivity contribution in [3.63, 3.8) is 0 Å². The van der Waals surface area contributed by atoms with Gasteiger partial charge in [-0.05, 0) is 28.1 Å². The average molecular weight is 241 g/mol. The maximum Gasteiger partial charge on any atom is 0.138 e. The quantitative estimate of drug-likeness (QED) is 0.740. The van der Waals surface area contributed by atoms with E-state index in [1.165, 1.54) is 0 Å². The highest BCUT2D eigenvalue weighted by molar-refractivity contribution is 9.10. The molecule has 0 N–H and O–H groups in total. The van der Waals surface area contributed by atoms with Crippen LogP contribution in [0.5, 0.6) is 11.5 Å². The van der Waals surface area contributed by atoms with E-state index >= 15 is 0 Å². The van der Waals surface area contributed by atoms with E-state index in [2.05, 4.69) is 21.9 Å². The van der Waals surface area contributed by atoms with Crippen LogP contribution in [0.4, 0.5) is 0 Å². The standard InChI is InChI=1S/C10H9BrO2/c1-4-7-5-8(12-2)10(11)9(6-7)13-3/h1,5-6H,2-3H3. The number of ether oxygens (including phenoxy) is 2. The normalized spacial score (nSPS) is 9.08. The third-order valence-electron chi connectivity index (χ3n) is 1.61. The molecule has 0 aliphatic carbocycles. The summed E-state index contributed by atoms with van der Waals surface area (Å²) in [5, 5.41) is 0. The molecule has 0 heterocycles. The number of hydrogen-bond donors (Lipinski definition) is 0. The Morgan fingerprint density at radius 2 is 1.69 bits per heavy atom. The van der Waals surface area contributed by atoms with Gasteiger partial charge < -0.3 is 9.47 Å². The van der Waals surface area contributed by atoms with Crippen molar-refractivity contribution in [2.75, 3.05) is 14.2 Å². The summed E-state index contributed by atoms with van der Waals surface area (Å²) in [7, 11) is 3.17. The first-order valence-corrected chi connectivity index (χ1v) is 4.40. The summed E-state index contributed by atoms with van der Waals surface area (Å²) in [6, 6.07) is 3.54. The van der Waals surface area contributed by atoms with Crippen LogP contribution in [0, 0.1) is 12.3 Å². The molecule has 0 aliphatic heterocycles. The molecular formula is C10H9BrO2. The van der Waals surface area contributed by atoms with Gasteiger partial charge in [0.1, 0.15) is 16.0 Å². The second-order valence-electron chi connectivity index (χ2n) is 2.34. The van der Waals surface area contributed by atoms with Crippen molar-refractivity contribution in [3.8, 4) is 23.8 Å². The molecule has 13 heavy (non-hydrogen) atoms. The van der Waals surface area contributed by atoms with Gasteiger partial charge in [-0.2, -0.15) is 0 Å². The van der Waals surface area contributed by atoms with Crippen LogP contribution >= 0.6 is 15.9 Å². The van der Waals surface area contributed by atoms with Crippen LogP contribution in [-0.4, -0.2) is 14.2 Å². The van der Waals surface area contributed by atoms with Gasteiger partial charge in [0.25, 0.3) is 0 Å². The van der Waals surface area contributed by atoms with Gasteiger partial charge in [0.05, 0.1) is 14.2 Å². The molecule has 0 fully saturated rings. The van der Waals surface area contributed by atoms with Crippen molar-refractivity contribution >= 4 is 15.9 Å². The number of rotatable bonds is 2. The number of benzene rings is 1. The second kappa shape index (κ2) is 4.20. The van der Waals surface area contributed by atoms with E-state index in [0.717, 1.165) is 10.0 Å². The molecule has 0 amide bonds. The maximum absolute atomic E-state index is 5.27. The minimum Gasteiger partial charge on any atom is -0.495 e. The van der Waals surface area contributed by atoms with E-state index < -0.39 is 0 Å². The Hall–Kier alpha value is -1.14. The third-order valence-corrected chi connectivity index (χ3v) is 2.39. The lowest BCUT2D eigenvalue weighted by atomic mass is 10.2. The second-order valence-corrected chi connectivity index (χ2v) is 3.13. The van der Waals surface area contributed by atoms with E-state index in [0.29, 0.717) is 11.5 Å². The van der Waals surface area contributed by atoms with Gasteiger partial charge in [0.2, 0.25) is 0 Å². The van der Waals surface area contributed by atoms with Crippen molar-refractivity contribution in [1.29, 1.82) is 0 Å². The molecule has 2 nitrogen and oxygen atoms in total. The summed E-state index contributed by atoms with van der Waals surface area (Å²) in [4.78, 5) is 0. The summed E-state index contributed by atoms with van der Waals surface area (Å²) in [5.74, 6) is 3.87. The summed E-state index contributed by atoms with van der Waals surface area (Å²) in [5.41, 5.74) is 0.733. The number of methoxy groups -OCH3 is 2. The highest BCUT2D eigenvalue weighted by Gasteiger charge is 2.08. The molecule has 0 saturated heterocycles. The molecule has 0 atom stereocenters. The van der Waals surface area contributed by atoms with Gasteiger partial charge >= 0.3 is 0 Å². The van der Waals surface area contributed by atoms with Crippen LogP contribution in [0.3, 0.4) is 0 Å². The monoisotopic (exact) mass is 240 g/mol. The van der Waals surface area contributed by atoms with Crippen LogP contribution in [0.1, 0.15) is 5.56 Å². The van der Waals surface area contributed by atoms with Crippen molar-refractivity contribution < 1.29 is 9.47 Å². The summed E-state index contributed by atoms with van der Waals surface area (Å²) in [6.07, 6.45) is 5.27. The number of halogens is 1. The molecule has 0 unspecified atom stereocenters. The molecule has 0 aromatic heterocycles. The first-order valence-electron chi connectivity index (χ1n) is 3.61. The third kappa shape index (κ3) is 1.96. The van der Waals surface area contributed by atoms with E-state index in [1.54, 1.807) is 26.4 Å². The predicted octanol–water partition coefficient (Wildman–Crippen LogP) is 2.45. The maximum atomic E-state index is 5.27. The predicted molar refractivity (Wildman–Crippen MR) is 55.2 cm³/mol. The molecule has 1 aromatic carbocycles. The van der Waals surface area contributed by atoms with Gasteiger partial charge in [-0.15, -0.1) is 6.42 Å². The minimum atomic E-state index is 0.673. The highest BCUT2D eigenvalue weighted by Crippen LogP contribution is 2.35. The van der Waals surface area contributed by atoms with Crippen molar-refractivity contribution in [2.24, 2.45) is 0 Å². The van der Waals surface area contributed by atoms with Crippen molar-refractivity contribution in [3.05, 3.63) is 22.2 Å². The lowest BCUT2D eigenvalue weighted by Gasteiger charge is -2.08. The van der Waals surface area contributed by atoms with Gasteiger partial charge in [0, 0.05) is 5.56 Å². The molecule has 1 aromatic rings. The zero-order chi connectivity index (χ0) is 9.84. The number of terminal acetylenes is 1. The highest BCUT2D eigenvalue weighted by atomic mass is 79.9. The molecule has 0 bridgehead atoms. The molecule has 1 rings (SSSR count). The SMILES string of the molecule is C#Cc1cc(OC)c(Br)c(OC)c1. The smallest absolute Gasteiger partial charge is 0.138 e. The van der Waals surface area contributed by atoms with Gasteiger partial charge in [-0.25, -0.2) is 0 Å². The van der Waals surface area contributed by atoms with Gasteiger partial charge in [-0.3, -0.25) is 0 Å². The fraction of sp³-hybridized carbons (Fsp3) is 0.200. The summed E-state index contributed by atoms with van der Waals surface area (Å²) in [6.45, 7) is 0. The summed E-state index contributed by atoms with van der Waals surface area (Å²) >= 11 is 3.35. The Morgan fingerprint density at radius 3 is 2.00 bits per heavy atom. The average Bonchev–Trinajstić information content (AvgIpc) is 2.18. The van der Waals surface area contributed by atoms with Crippen LogP contribution in [0.15, 0.2) is 16.6 Å². The molecular weight excluding hydrogens is 232 g/mol. The van der Waals surface area contributed by atoms with Crippen LogP contribution in [0.2, 0.25) is 0 Å².